The second kappa shape index (κ2) is 6.62. The lowest BCUT2D eigenvalue weighted by atomic mass is 9.96. The highest BCUT2D eigenvalue weighted by atomic mass is 16.5. The number of hydrogen-bond acceptors (Lipinski definition) is 3. The molecule has 0 aromatic heterocycles. The van der Waals surface area contributed by atoms with Gasteiger partial charge < -0.3 is 14.3 Å². The second-order valence-corrected chi connectivity index (χ2v) is 7.22. The summed E-state index contributed by atoms with van der Waals surface area (Å²) in [5.41, 5.74) is 0.827. The van der Waals surface area contributed by atoms with E-state index in [1.165, 1.54) is 12.8 Å². The van der Waals surface area contributed by atoms with E-state index in [2.05, 4.69) is 14.0 Å². The molecule has 0 radical (unpaired) electrons. The number of nitrogens with zero attached hydrogens (tertiary/aromatic N) is 1. The normalized spacial score (nSPS) is 34.1. The molecule has 2 aliphatic heterocycles. The minimum Gasteiger partial charge on any atom is -0.461 e. The number of carbonyl (C=O) groups excluding carboxylic acids is 1. The Morgan fingerprint density at radius 1 is 1.26 bits per heavy atom. The molecule has 4 nitrogen and oxygen atoms in total. The van der Waals surface area contributed by atoms with Gasteiger partial charge in [-0.15, -0.1) is 0 Å². The van der Waals surface area contributed by atoms with Crippen LogP contribution in [0.15, 0.2) is 30.3 Å². The first-order valence-electron chi connectivity index (χ1n) is 8.79. The number of aliphatic hydroxyl groups is 1. The third kappa shape index (κ3) is 3.02. The van der Waals surface area contributed by atoms with Gasteiger partial charge in [0.1, 0.15) is 12.0 Å². The Labute approximate surface area is 138 Å². The molecular formula is C19H28NO3+. The van der Waals surface area contributed by atoms with Crippen molar-refractivity contribution in [2.45, 2.75) is 56.7 Å². The minimum atomic E-state index is -0.567. The third-order valence-corrected chi connectivity index (χ3v) is 6.20. The van der Waals surface area contributed by atoms with Crippen molar-refractivity contribution in [3.63, 3.8) is 0 Å². The third-order valence-electron chi connectivity index (χ3n) is 6.20. The van der Waals surface area contributed by atoms with Gasteiger partial charge in [-0.2, -0.15) is 0 Å². The lowest BCUT2D eigenvalue weighted by molar-refractivity contribution is -0.947. The van der Waals surface area contributed by atoms with Gasteiger partial charge in [0, 0.05) is 25.7 Å². The fourth-order valence-electron chi connectivity index (χ4n) is 4.55. The predicted octanol–water partition coefficient (Wildman–Crippen LogP) is 2.47. The lowest BCUT2D eigenvalue weighted by Crippen LogP contribution is -2.58. The summed E-state index contributed by atoms with van der Waals surface area (Å²) in [6, 6.07) is 10.6. The van der Waals surface area contributed by atoms with E-state index in [1.54, 1.807) is 0 Å². The van der Waals surface area contributed by atoms with Crippen molar-refractivity contribution < 1.29 is 19.1 Å². The first-order chi connectivity index (χ1) is 11.1. The van der Waals surface area contributed by atoms with Crippen LogP contribution in [0.5, 0.6) is 0 Å². The van der Waals surface area contributed by atoms with Gasteiger partial charge in [-0.1, -0.05) is 30.3 Å². The van der Waals surface area contributed by atoms with E-state index in [0.29, 0.717) is 12.1 Å². The first kappa shape index (κ1) is 16.5. The van der Waals surface area contributed by atoms with Crippen LogP contribution in [0, 0.1) is 0 Å². The number of aliphatic hydroxyl groups excluding tert-OH is 1. The van der Waals surface area contributed by atoms with E-state index in [4.69, 9.17) is 4.74 Å². The van der Waals surface area contributed by atoms with Gasteiger partial charge in [0.2, 0.25) is 0 Å². The summed E-state index contributed by atoms with van der Waals surface area (Å²) in [7, 11) is 2.35. The first-order valence-corrected chi connectivity index (χ1v) is 8.79. The summed E-state index contributed by atoms with van der Waals surface area (Å²) in [6.07, 6.45) is 4.41. The molecule has 1 aromatic carbocycles. The molecule has 0 saturated carbocycles. The highest BCUT2D eigenvalue weighted by Gasteiger charge is 2.51. The number of hydrogen-bond donors (Lipinski definition) is 1. The zero-order valence-corrected chi connectivity index (χ0v) is 14.1. The van der Waals surface area contributed by atoms with Crippen molar-refractivity contribution in [1.29, 1.82) is 0 Å². The van der Waals surface area contributed by atoms with Crippen molar-refractivity contribution in [3.8, 4) is 0 Å². The van der Waals surface area contributed by atoms with Crippen LogP contribution in [0.4, 0.5) is 0 Å². The summed E-state index contributed by atoms with van der Waals surface area (Å²) in [4.78, 5) is 12.5. The molecule has 2 bridgehead atoms. The van der Waals surface area contributed by atoms with Gasteiger partial charge in [-0.3, -0.25) is 4.79 Å². The van der Waals surface area contributed by atoms with Crippen molar-refractivity contribution in [2.24, 2.45) is 0 Å². The van der Waals surface area contributed by atoms with Crippen LogP contribution < -0.4 is 0 Å². The molecule has 0 aliphatic carbocycles. The Kier molecular flexibility index (Phi) is 4.74. The molecule has 2 heterocycles. The maximum absolute atomic E-state index is 12.5. The summed E-state index contributed by atoms with van der Waals surface area (Å²) in [6.45, 7) is 3.21. The smallest absolute Gasteiger partial charge is 0.316 e. The molecule has 23 heavy (non-hydrogen) atoms. The zero-order chi connectivity index (χ0) is 16.4. The predicted molar refractivity (Wildman–Crippen MR) is 88.9 cm³/mol. The Balaban J connectivity index is 1.65. The van der Waals surface area contributed by atoms with E-state index >= 15 is 0 Å². The summed E-state index contributed by atoms with van der Waals surface area (Å²) in [5, 5.41) is 9.61. The molecule has 1 aromatic rings. The van der Waals surface area contributed by atoms with E-state index in [-0.39, 0.29) is 18.7 Å². The summed E-state index contributed by atoms with van der Waals surface area (Å²) < 4.78 is 6.94. The van der Waals surface area contributed by atoms with Crippen molar-refractivity contribution >= 4 is 5.97 Å². The molecule has 0 spiro atoms. The standard InChI is InChI=1S/C19H28NO3/c1-3-20(2)15-9-10-16(20)12-17(11-15)23-19(22)18(13-21)14-7-5-4-6-8-14/h4-8,15-18,21H,3,9-13H2,1-2H3/q+1/t15-,16-,17?,18-,20?/m0/s1. The van der Waals surface area contributed by atoms with E-state index in [0.717, 1.165) is 29.4 Å². The minimum absolute atomic E-state index is 0.00973. The van der Waals surface area contributed by atoms with Crippen LogP contribution in [0.2, 0.25) is 0 Å². The number of fused-ring (bicyclic) bond motifs is 2. The van der Waals surface area contributed by atoms with Gasteiger partial charge in [0.05, 0.1) is 32.3 Å². The van der Waals surface area contributed by atoms with E-state index in [9.17, 15) is 9.90 Å². The number of rotatable bonds is 5. The molecule has 0 amide bonds. The molecule has 126 valence electrons. The van der Waals surface area contributed by atoms with Gasteiger partial charge in [0.25, 0.3) is 0 Å². The molecule has 2 saturated heterocycles. The fraction of sp³-hybridized carbons (Fsp3) is 0.632. The Morgan fingerprint density at radius 2 is 1.87 bits per heavy atom. The molecule has 2 aliphatic rings. The van der Waals surface area contributed by atoms with Crippen LogP contribution in [0.25, 0.3) is 0 Å². The fourth-order valence-corrected chi connectivity index (χ4v) is 4.55. The van der Waals surface area contributed by atoms with Gasteiger partial charge in [0.15, 0.2) is 0 Å². The topological polar surface area (TPSA) is 46.5 Å². The van der Waals surface area contributed by atoms with Crippen molar-refractivity contribution in [1.82, 2.24) is 0 Å². The zero-order valence-electron chi connectivity index (χ0n) is 14.1. The Bertz CT molecular complexity index is 531. The quantitative estimate of drug-likeness (QED) is 0.670. The molecule has 1 N–H and O–H groups in total. The van der Waals surface area contributed by atoms with Crippen molar-refractivity contribution in [3.05, 3.63) is 35.9 Å². The number of ether oxygens (including phenoxy) is 1. The van der Waals surface area contributed by atoms with Crippen LogP contribution in [-0.4, -0.2) is 53.9 Å². The number of carbonyl (C=O) groups is 1. The highest BCUT2D eigenvalue weighted by molar-refractivity contribution is 5.78. The Morgan fingerprint density at radius 3 is 2.39 bits per heavy atom. The SMILES string of the molecule is CC[N+]1(C)[C@H]2CC[C@H]1CC(OC(=O)[C@@H](CO)c1ccccc1)C2. The van der Waals surface area contributed by atoms with Crippen LogP contribution >= 0.6 is 0 Å². The lowest BCUT2D eigenvalue weighted by Gasteiger charge is -2.46. The highest BCUT2D eigenvalue weighted by Crippen LogP contribution is 2.42. The van der Waals surface area contributed by atoms with Gasteiger partial charge in [-0.25, -0.2) is 0 Å². The number of piperidine rings is 1. The van der Waals surface area contributed by atoms with E-state index < -0.39 is 5.92 Å². The largest absolute Gasteiger partial charge is 0.461 e. The van der Waals surface area contributed by atoms with Crippen LogP contribution in [0.1, 0.15) is 44.1 Å². The molecular weight excluding hydrogens is 290 g/mol. The summed E-state index contributed by atoms with van der Waals surface area (Å²) in [5.74, 6) is -0.849. The maximum atomic E-state index is 12.5. The van der Waals surface area contributed by atoms with E-state index in [1.807, 2.05) is 30.3 Å². The second-order valence-electron chi connectivity index (χ2n) is 7.22. The number of benzene rings is 1. The molecule has 0 unspecified atom stereocenters. The van der Waals surface area contributed by atoms with Gasteiger partial charge >= 0.3 is 5.97 Å². The van der Waals surface area contributed by atoms with Gasteiger partial charge in [-0.05, 0) is 12.5 Å². The van der Waals surface area contributed by atoms with Crippen molar-refractivity contribution in [2.75, 3.05) is 20.2 Å². The maximum Gasteiger partial charge on any atom is 0.316 e. The average molecular weight is 318 g/mol. The average Bonchev–Trinajstić information content (AvgIpc) is 2.74. The molecule has 3 rings (SSSR count). The number of esters is 1. The molecule has 2 fully saturated rings. The van der Waals surface area contributed by atoms with Crippen LogP contribution in [-0.2, 0) is 9.53 Å². The van der Waals surface area contributed by atoms with Crippen LogP contribution in [0.3, 0.4) is 0 Å². The number of quaternary nitrogens is 1. The Hall–Kier alpha value is -1.39. The monoisotopic (exact) mass is 318 g/mol. The summed E-state index contributed by atoms with van der Waals surface area (Å²) >= 11 is 0. The molecule has 3 atom stereocenters. The molecule has 4 heteroatoms.